The minimum atomic E-state index is 0.580. The summed E-state index contributed by atoms with van der Waals surface area (Å²) in [6, 6.07) is 7.68. The minimum Gasteiger partial charge on any atom is -0.486 e. The van der Waals surface area contributed by atoms with E-state index in [1.165, 1.54) is 0 Å². The molecule has 0 unspecified atom stereocenters. The van der Waals surface area contributed by atoms with Gasteiger partial charge in [-0.15, -0.1) is 0 Å². The zero-order valence-electron chi connectivity index (χ0n) is 11.6. The van der Waals surface area contributed by atoms with E-state index in [-0.39, 0.29) is 0 Å². The van der Waals surface area contributed by atoms with Crippen LogP contribution >= 0.6 is 15.9 Å². The number of benzene rings is 1. The Morgan fingerprint density at radius 2 is 2.00 bits per heavy atom. The molecule has 2 aromatic rings. The predicted octanol–water partition coefficient (Wildman–Crippen LogP) is 3.24. The molecule has 1 N–H and O–H groups in total. The Morgan fingerprint density at radius 3 is 2.67 bits per heavy atom. The Hall–Kier alpha value is -1.95. The molecule has 1 aromatic heterocycles. The zero-order chi connectivity index (χ0) is 14.7. The van der Waals surface area contributed by atoms with E-state index in [0.717, 1.165) is 27.2 Å². The first-order valence-corrected chi connectivity index (χ1v) is 7.37. The van der Waals surface area contributed by atoms with Crippen LogP contribution in [0.25, 0.3) is 0 Å². The van der Waals surface area contributed by atoms with E-state index in [4.69, 9.17) is 14.2 Å². The number of hydrogen-bond donors (Lipinski definition) is 1. The molecule has 1 aliphatic heterocycles. The number of fused-ring (bicyclic) bond motifs is 1. The maximum absolute atomic E-state index is 5.59. The third-order valence-corrected chi connectivity index (χ3v) is 3.78. The van der Waals surface area contributed by atoms with Crippen LogP contribution in [0.15, 0.2) is 34.9 Å². The van der Waals surface area contributed by atoms with E-state index in [9.17, 15) is 0 Å². The molecule has 0 bridgehead atoms. The van der Waals surface area contributed by atoms with Gasteiger partial charge in [0.15, 0.2) is 11.5 Å². The summed E-state index contributed by atoms with van der Waals surface area (Å²) in [5.41, 5.74) is 2.02. The van der Waals surface area contributed by atoms with Crippen LogP contribution in [-0.4, -0.2) is 25.3 Å². The smallest absolute Gasteiger partial charge is 0.212 e. The summed E-state index contributed by atoms with van der Waals surface area (Å²) < 4.78 is 17.1. The summed E-state index contributed by atoms with van der Waals surface area (Å²) in [6.07, 6.45) is 1.79. The second-order valence-corrected chi connectivity index (χ2v) is 5.39. The lowest BCUT2D eigenvalue weighted by Crippen LogP contribution is -2.15. The summed E-state index contributed by atoms with van der Waals surface area (Å²) in [6.45, 7) is 1.83. The fourth-order valence-corrected chi connectivity index (χ4v) is 2.50. The number of hydrogen-bond acceptors (Lipinski definition) is 5. The number of pyridine rings is 1. The van der Waals surface area contributed by atoms with Gasteiger partial charge in [-0.05, 0) is 21.5 Å². The van der Waals surface area contributed by atoms with Crippen molar-refractivity contribution in [2.75, 3.05) is 25.6 Å². The van der Waals surface area contributed by atoms with E-state index >= 15 is 0 Å². The van der Waals surface area contributed by atoms with Crippen molar-refractivity contribution in [2.24, 2.45) is 0 Å². The van der Waals surface area contributed by atoms with Crippen molar-refractivity contribution in [2.45, 2.75) is 6.54 Å². The molecule has 3 rings (SSSR count). The van der Waals surface area contributed by atoms with Crippen LogP contribution in [-0.2, 0) is 6.54 Å². The zero-order valence-corrected chi connectivity index (χ0v) is 13.1. The largest absolute Gasteiger partial charge is 0.486 e. The lowest BCUT2D eigenvalue weighted by atomic mass is 10.2. The standard InChI is InChI=1S/C15H15BrN2O3/c1-19-15-3-2-10(9-18-15)8-17-12-7-14-13(6-11(12)16)20-4-5-21-14/h2-3,6-7,9,17H,4-5,8H2,1H3. The third kappa shape index (κ3) is 3.21. The van der Waals surface area contributed by atoms with Crippen LogP contribution in [0, 0.1) is 0 Å². The number of anilines is 1. The predicted molar refractivity (Wildman–Crippen MR) is 83.2 cm³/mol. The van der Waals surface area contributed by atoms with Gasteiger partial charge >= 0.3 is 0 Å². The van der Waals surface area contributed by atoms with Crippen LogP contribution < -0.4 is 19.5 Å². The Labute approximate surface area is 131 Å². The summed E-state index contributed by atoms with van der Waals surface area (Å²) >= 11 is 3.54. The van der Waals surface area contributed by atoms with Crippen LogP contribution in [0.2, 0.25) is 0 Å². The number of rotatable bonds is 4. The Balaban J connectivity index is 1.72. The van der Waals surface area contributed by atoms with Gasteiger partial charge in [-0.1, -0.05) is 6.07 Å². The van der Waals surface area contributed by atoms with Gasteiger partial charge in [0.25, 0.3) is 0 Å². The van der Waals surface area contributed by atoms with Crippen molar-refractivity contribution >= 4 is 21.6 Å². The summed E-state index contributed by atoms with van der Waals surface area (Å²) in [7, 11) is 1.60. The molecule has 110 valence electrons. The average Bonchev–Trinajstić information content (AvgIpc) is 2.53. The molecule has 0 amide bonds. The molecule has 0 fully saturated rings. The molecular formula is C15H15BrN2O3. The van der Waals surface area contributed by atoms with E-state index in [2.05, 4.69) is 26.2 Å². The van der Waals surface area contributed by atoms with Gasteiger partial charge in [-0.3, -0.25) is 0 Å². The molecular weight excluding hydrogens is 336 g/mol. The maximum atomic E-state index is 5.59. The Morgan fingerprint density at radius 1 is 1.24 bits per heavy atom. The number of halogens is 1. The molecule has 21 heavy (non-hydrogen) atoms. The van der Waals surface area contributed by atoms with Gasteiger partial charge in [0.2, 0.25) is 5.88 Å². The second kappa shape index (κ2) is 6.22. The van der Waals surface area contributed by atoms with E-state index in [1.54, 1.807) is 13.3 Å². The Kier molecular flexibility index (Phi) is 4.15. The highest BCUT2D eigenvalue weighted by atomic mass is 79.9. The summed E-state index contributed by atoms with van der Waals surface area (Å²) in [5, 5.41) is 3.35. The number of methoxy groups -OCH3 is 1. The van der Waals surface area contributed by atoms with Crippen molar-refractivity contribution in [3.63, 3.8) is 0 Å². The van der Waals surface area contributed by atoms with E-state index in [1.807, 2.05) is 24.3 Å². The van der Waals surface area contributed by atoms with Gasteiger partial charge in [-0.2, -0.15) is 0 Å². The first-order valence-electron chi connectivity index (χ1n) is 6.58. The van der Waals surface area contributed by atoms with Crippen molar-refractivity contribution in [3.8, 4) is 17.4 Å². The van der Waals surface area contributed by atoms with Gasteiger partial charge in [-0.25, -0.2) is 4.98 Å². The first-order chi connectivity index (χ1) is 10.3. The van der Waals surface area contributed by atoms with Crippen molar-refractivity contribution in [1.82, 2.24) is 4.98 Å². The lowest BCUT2D eigenvalue weighted by Gasteiger charge is -2.20. The summed E-state index contributed by atoms with van der Waals surface area (Å²) in [5.74, 6) is 2.14. The van der Waals surface area contributed by atoms with E-state index < -0.39 is 0 Å². The van der Waals surface area contributed by atoms with Gasteiger partial charge < -0.3 is 19.5 Å². The third-order valence-electron chi connectivity index (χ3n) is 3.12. The second-order valence-electron chi connectivity index (χ2n) is 4.54. The number of nitrogens with one attached hydrogen (secondary N) is 1. The highest BCUT2D eigenvalue weighted by Gasteiger charge is 2.14. The quantitative estimate of drug-likeness (QED) is 0.917. The van der Waals surface area contributed by atoms with Crippen molar-refractivity contribution < 1.29 is 14.2 Å². The minimum absolute atomic E-state index is 0.580. The molecule has 0 saturated heterocycles. The van der Waals surface area contributed by atoms with Crippen LogP contribution in [0.3, 0.4) is 0 Å². The van der Waals surface area contributed by atoms with Crippen LogP contribution in [0.1, 0.15) is 5.56 Å². The Bertz CT molecular complexity index is 632. The molecule has 5 nitrogen and oxygen atoms in total. The van der Waals surface area contributed by atoms with Gasteiger partial charge in [0.1, 0.15) is 13.2 Å². The molecule has 2 heterocycles. The number of ether oxygens (including phenoxy) is 3. The number of aromatic nitrogens is 1. The highest BCUT2D eigenvalue weighted by Crippen LogP contribution is 2.38. The van der Waals surface area contributed by atoms with Crippen LogP contribution in [0.4, 0.5) is 5.69 Å². The fourth-order valence-electron chi connectivity index (χ4n) is 2.03. The average molecular weight is 351 g/mol. The highest BCUT2D eigenvalue weighted by molar-refractivity contribution is 9.10. The molecule has 0 aliphatic carbocycles. The fraction of sp³-hybridized carbons (Fsp3) is 0.267. The lowest BCUT2D eigenvalue weighted by molar-refractivity contribution is 0.171. The molecule has 1 aliphatic rings. The summed E-state index contributed by atoms with van der Waals surface area (Å²) in [4.78, 5) is 4.18. The molecule has 0 spiro atoms. The van der Waals surface area contributed by atoms with Crippen molar-refractivity contribution in [3.05, 3.63) is 40.5 Å². The number of nitrogens with zero attached hydrogens (tertiary/aromatic N) is 1. The van der Waals surface area contributed by atoms with Crippen LogP contribution in [0.5, 0.6) is 17.4 Å². The molecule has 0 saturated carbocycles. The monoisotopic (exact) mass is 350 g/mol. The van der Waals surface area contributed by atoms with Gasteiger partial charge in [0, 0.05) is 35.4 Å². The molecule has 0 atom stereocenters. The maximum Gasteiger partial charge on any atom is 0.212 e. The topological polar surface area (TPSA) is 52.6 Å². The first kappa shape index (κ1) is 14.0. The van der Waals surface area contributed by atoms with E-state index in [0.29, 0.717) is 25.6 Å². The van der Waals surface area contributed by atoms with Crippen molar-refractivity contribution in [1.29, 1.82) is 0 Å². The molecule has 6 heteroatoms. The molecule has 0 radical (unpaired) electrons. The molecule has 1 aromatic carbocycles. The SMILES string of the molecule is COc1ccc(CNc2cc3c(cc2Br)OCCO3)cn1. The normalized spacial score (nSPS) is 12.9. The van der Waals surface area contributed by atoms with Gasteiger partial charge in [0.05, 0.1) is 12.8 Å².